The number of nitrogens with zero attached hydrogens (tertiary/aromatic N) is 1. The lowest BCUT2D eigenvalue weighted by atomic mass is 10.2. The fraction of sp³-hybridized carbons (Fsp3) is 0.500. The minimum atomic E-state index is 0.0106. The second-order valence-electron chi connectivity index (χ2n) is 4.78. The van der Waals surface area contributed by atoms with E-state index in [4.69, 9.17) is 5.73 Å². The first kappa shape index (κ1) is 15.7. The second kappa shape index (κ2) is 8.73. The number of benzene rings is 1. The highest BCUT2D eigenvalue weighted by Crippen LogP contribution is 2.17. The molecule has 0 aliphatic carbocycles. The van der Waals surface area contributed by atoms with Crippen molar-refractivity contribution in [2.45, 2.75) is 45.7 Å². The van der Waals surface area contributed by atoms with Gasteiger partial charge in [-0.15, -0.1) is 0 Å². The second-order valence-corrected chi connectivity index (χ2v) is 4.78. The Labute approximate surface area is 117 Å². The van der Waals surface area contributed by atoms with Crippen molar-refractivity contribution in [3.63, 3.8) is 0 Å². The number of nitrogens with one attached hydrogen (secondary N) is 1. The first-order valence-electron chi connectivity index (χ1n) is 7.23. The molecule has 106 valence electrons. The van der Waals surface area contributed by atoms with Gasteiger partial charge in [-0.25, -0.2) is 5.43 Å². The number of anilines is 1. The third-order valence-electron chi connectivity index (χ3n) is 3.14. The standard InChI is InChI=1S/C16H27N3/c1-4-7-13-18-19(16(17)8-5-2)15-11-9-14(6-3)10-12-15/h6,9-12,16,18H,3-5,7-8,13,17H2,1-2H3. The summed E-state index contributed by atoms with van der Waals surface area (Å²) in [5.41, 5.74) is 11.9. The van der Waals surface area contributed by atoms with Gasteiger partial charge in [-0.1, -0.05) is 51.5 Å². The van der Waals surface area contributed by atoms with Gasteiger partial charge in [0.15, 0.2) is 0 Å². The van der Waals surface area contributed by atoms with Crippen LogP contribution in [0.2, 0.25) is 0 Å². The van der Waals surface area contributed by atoms with E-state index in [0.29, 0.717) is 0 Å². The number of nitrogens with two attached hydrogens (primary N) is 1. The van der Waals surface area contributed by atoms with Crippen LogP contribution in [-0.2, 0) is 0 Å². The Bertz CT molecular complexity index is 359. The van der Waals surface area contributed by atoms with Crippen molar-refractivity contribution < 1.29 is 0 Å². The van der Waals surface area contributed by atoms with E-state index in [1.54, 1.807) is 0 Å². The maximum atomic E-state index is 6.26. The van der Waals surface area contributed by atoms with Gasteiger partial charge in [0, 0.05) is 6.54 Å². The summed E-state index contributed by atoms with van der Waals surface area (Å²) in [6.45, 7) is 9.08. The maximum absolute atomic E-state index is 6.26. The molecule has 0 aliphatic rings. The third kappa shape index (κ3) is 5.05. The molecular formula is C16H27N3. The maximum Gasteiger partial charge on any atom is 0.0923 e. The lowest BCUT2D eigenvalue weighted by Crippen LogP contribution is -2.51. The summed E-state index contributed by atoms with van der Waals surface area (Å²) >= 11 is 0. The van der Waals surface area contributed by atoms with E-state index < -0.39 is 0 Å². The lowest BCUT2D eigenvalue weighted by Gasteiger charge is -2.31. The molecule has 0 amide bonds. The van der Waals surface area contributed by atoms with Crippen molar-refractivity contribution >= 4 is 11.8 Å². The highest BCUT2D eigenvalue weighted by atomic mass is 15.5. The minimum Gasteiger partial charge on any atom is -0.310 e. The molecule has 1 atom stereocenters. The molecule has 1 aromatic rings. The van der Waals surface area contributed by atoms with E-state index in [-0.39, 0.29) is 6.17 Å². The number of hydrazine groups is 1. The predicted molar refractivity (Wildman–Crippen MR) is 84.8 cm³/mol. The average molecular weight is 261 g/mol. The summed E-state index contributed by atoms with van der Waals surface area (Å²) in [6, 6.07) is 8.31. The van der Waals surface area contributed by atoms with Crippen LogP contribution in [0.15, 0.2) is 30.8 Å². The molecule has 0 saturated heterocycles. The molecule has 0 aromatic heterocycles. The monoisotopic (exact) mass is 261 g/mol. The molecule has 0 radical (unpaired) electrons. The van der Waals surface area contributed by atoms with Crippen molar-refractivity contribution in [2.75, 3.05) is 11.6 Å². The molecule has 19 heavy (non-hydrogen) atoms. The van der Waals surface area contributed by atoms with Crippen molar-refractivity contribution in [3.05, 3.63) is 36.4 Å². The molecule has 3 nitrogen and oxygen atoms in total. The number of hydrogen-bond acceptors (Lipinski definition) is 3. The van der Waals surface area contributed by atoms with Crippen LogP contribution in [0.4, 0.5) is 5.69 Å². The Kier molecular flexibility index (Phi) is 7.23. The van der Waals surface area contributed by atoms with Crippen LogP contribution >= 0.6 is 0 Å². The van der Waals surface area contributed by atoms with E-state index in [1.807, 2.05) is 6.08 Å². The van der Waals surface area contributed by atoms with E-state index in [1.165, 1.54) is 6.42 Å². The Balaban J connectivity index is 2.77. The summed E-state index contributed by atoms with van der Waals surface area (Å²) in [5, 5.41) is 2.09. The predicted octanol–water partition coefficient (Wildman–Crippen LogP) is 3.53. The Hall–Kier alpha value is -1.32. The fourth-order valence-corrected chi connectivity index (χ4v) is 1.97. The van der Waals surface area contributed by atoms with Crippen molar-refractivity contribution in [1.29, 1.82) is 0 Å². The molecule has 3 N–H and O–H groups in total. The Morgan fingerprint density at radius 1 is 1.26 bits per heavy atom. The molecule has 0 spiro atoms. The first-order chi connectivity index (χ1) is 9.22. The van der Waals surface area contributed by atoms with Gasteiger partial charge >= 0.3 is 0 Å². The van der Waals surface area contributed by atoms with Gasteiger partial charge in [-0.05, 0) is 30.5 Å². The topological polar surface area (TPSA) is 41.3 Å². The molecule has 1 unspecified atom stereocenters. The van der Waals surface area contributed by atoms with Crippen molar-refractivity contribution in [1.82, 2.24) is 5.43 Å². The lowest BCUT2D eigenvalue weighted by molar-refractivity contribution is 0.484. The SMILES string of the molecule is C=Cc1ccc(N(NCCCC)C(N)CCC)cc1. The number of unbranched alkanes of at least 4 members (excludes halogenated alkanes) is 1. The molecular weight excluding hydrogens is 234 g/mol. The Morgan fingerprint density at radius 3 is 2.47 bits per heavy atom. The van der Waals surface area contributed by atoms with Gasteiger partial charge < -0.3 is 5.73 Å². The van der Waals surface area contributed by atoms with Crippen LogP contribution in [0.1, 0.15) is 45.1 Å². The van der Waals surface area contributed by atoms with Gasteiger partial charge in [-0.3, -0.25) is 5.01 Å². The zero-order valence-electron chi connectivity index (χ0n) is 12.2. The summed E-state index contributed by atoms with van der Waals surface area (Å²) in [7, 11) is 0. The smallest absolute Gasteiger partial charge is 0.0923 e. The minimum absolute atomic E-state index is 0.0106. The molecule has 1 rings (SSSR count). The van der Waals surface area contributed by atoms with E-state index in [0.717, 1.165) is 37.1 Å². The molecule has 0 fully saturated rings. The molecule has 0 saturated carbocycles. The normalized spacial score (nSPS) is 12.2. The van der Waals surface area contributed by atoms with E-state index >= 15 is 0 Å². The van der Waals surface area contributed by atoms with E-state index in [2.05, 4.69) is 55.1 Å². The van der Waals surface area contributed by atoms with Crippen LogP contribution in [0.3, 0.4) is 0 Å². The summed E-state index contributed by atoms with van der Waals surface area (Å²) in [4.78, 5) is 0. The summed E-state index contributed by atoms with van der Waals surface area (Å²) in [5.74, 6) is 0. The van der Waals surface area contributed by atoms with Crippen LogP contribution in [0.25, 0.3) is 6.08 Å². The van der Waals surface area contributed by atoms with Gasteiger partial charge in [-0.2, -0.15) is 0 Å². The molecule has 0 aliphatic heterocycles. The van der Waals surface area contributed by atoms with Crippen LogP contribution in [0.5, 0.6) is 0 Å². The van der Waals surface area contributed by atoms with Gasteiger partial charge in [0.1, 0.15) is 0 Å². The molecule has 0 heterocycles. The quantitative estimate of drug-likeness (QED) is 0.406. The third-order valence-corrected chi connectivity index (χ3v) is 3.14. The first-order valence-corrected chi connectivity index (χ1v) is 7.23. The number of rotatable bonds is 9. The summed E-state index contributed by atoms with van der Waals surface area (Å²) < 4.78 is 0. The van der Waals surface area contributed by atoms with Crippen LogP contribution < -0.4 is 16.2 Å². The van der Waals surface area contributed by atoms with E-state index in [9.17, 15) is 0 Å². The Morgan fingerprint density at radius 2 is 1.95 bits per heavy atom. The van der Waals surface area contributed by atoms with Crippen molar-refractivity contribution in [3.8, 4) is 0 Å². The van der Waals surface area contributed by atoms with Crippen molar-refractivity contribution in [2.24, 2.45) is 5.73 Å². The highest BCUT2D eigenvalue weighted by Gasteiger charge is 2.13. The van der Waals surface area contributed by atoms with Gasteiger partial charge in [0.25, 0.3) is 0 Å². The zero-order valence-corrected chi connectivity index (χ0v) is 12.2. The number of hydrogen-bond donors (Lipinski definition) is 2. The van der Waals surface area contributed by atoms with Crippen LogP contribution in [-0.4, -0.2) is 12.7 Å². The fourth-order valence-electron chi connectivity index (χ4n) is 1.97. The van der Waals surface area contributed by atoms with Gasteiger partial charge in [0.05, 0.1) is 11.9 Å². The summed E-state index contributed by atoms with van der Waals surface area (Å²) in [6.07, 6.45) is 6.25. The molecule has 3 heteroatoms. The zero-order chi connectivity index (χ0) is 14.1. The molecule has 1 aromatic carbocycles. The van der Waals surface area contributed by atoms with Crippen LogP contribution in [0, 0.1) is 0 Å². The highest BCUT2D eigenvalue weighted by molar-refractivity contribution is 5.54. The largest absolute Gasteiger partial charge is 0.310 e. The molecule has 0 bridgehead atoms. The van der Waals surface area contributed by atoms with Gasteiger partial charge in [0.2, 0.25) is 0 Å². The average Bonchev–Trinajstić information content (AvgIpc) is 2.44.